The minimum Gasteiger partial charge on any atom is -0.477 e. The molecule has 1 aromatic carbocycles. The summed E-state index contributed by atoms with van der Waals surface area (Å²) in [5.74, 6) is -1.15. The zero-order chi connectivity index (χ0) is 15.6. The average Bonchev–Trinajstić information content (AvgIpc) is 2.89. The molecular weight excluding hydrogens is 334 g/mol. The van der Waals surface area contributed by atoms with E-state index in [4.69, 9.17) is 16.7 Å². The van der Waals surface area contributed by atoms with E-state index < -0.39 is 22.0 Å². The zero-order valence-corrected chi connectivity index (χ0v) is 13.3. The molecule has 0 fully saturated rings. The summed E-state index contributed by atoms with van der Waals surface area (Å²) < 4.78 is 26.9. The Kier molecular flexibility index (Phi) is 4.67. The van der Waals surface area contributed by atoms with Crippen LogP contribution < -0.4 is 4.72 Å². The summed E-state index contributed by atoms with van der Waals surface area (Å²) in [4.78, 5) is 10.7. The van der Waals surface area contributed by atoms with Crippen LogP contribution in [0.3, 0.4) is 0 Å². The number of hydrogen-bond donors (Lipinski definition) is 2. The third kappa shape index (κ3) is 3.62. The first kappa shape index (κ1) is 16.0. The van der Waals surface area contributed by atoms with E-state index in [2.05, 4.69) is 4.72 Å². The standard InChI is InChI=1S/C13H12ClNO4S2/c1-8(10-4-2-3-5-11(10)14)15-21(18,19)9-6-12(13(16)17)20-7-9/h2-8,15H,1H3,(H,16,17)/t8-/m0/s1. The second kappa shape index (κ2) is 6.15. The largest absolute Gasteiger partial charge is 0.477 e. The quantitative estimate of drug-likeness (QED) is 0.872. The van der Waals surface area contributed by atoms with Gasteiger partial charge >= 0.3 is 5.97 Å². The molecule has 0 aliphatic rings. The number of carbonyl (C=O) groups is 1. The van der Waals surface area contributed by atoms with Crippen molar-refractivity contribution in [3.05, 3.63) is 51.2 Å². The van der Waals surface area contributed by atoms with Crippen LogP contribution in [-0.2, 0) is 10.0 Å². The van der Waals surface area contributed by atoms with Crippen molar-refractivity contribution in [2.75, 3.05) is 0 Å². The summed E-state index contributed by atoms with van der Waals surface area (Å²) in [6, 6.07) is 7.52. The molecule has 0 saturated carbocycles. The lowest BCUT2D eigenvalue weighted by atomic mass is 10.1. The SMILES string of the molecule is C[C@H](NS(=O)(=O)c1csc(C(=O)O)c1)c1ccccc1Cl. The van der Waals surface area contributed by atoms with E-state index in [1.54, 1.807) is 31.2 Å². The first-order valence-electron chi connectivity index (χ1n) is 5.90. The molecule has 2 aromatic rings. The van der Waals surface area contributed by atoms with Crippen molar-refractivity contribution >= 4 is 38.9 Å². The molecule has 1 aromatic heterocycles. The molecular formula is C13H12ClNO4S2. The molecule has 21 heavy (non-hydrogen) atoms. The molecule has 5 nitrogen and oxygen atoms in total. The second-order valence-electron chi connectivity index (χ2n) is 4.32. The number of carboxylic acid groups (broad SMARTS) is 1. The van der Waals surface area contributed by atoms with E-state index in [0.717, 1.165) is 17.4 Å². The summed E-state index contributed by atoms with van der Waals surface area (Å²) in [7, 11) is -3.80. The molecule has 0 radical (unpaired) electrons. The number of thiophene rings is 1. The number of carboxylic acids is 1. The Bertz CT molecular complexity index is 770. The van der Waals surface area contributed by atoms with Crippen LogP contribution in [0.2, 0.25) is 5.02 Å². The third-order valence-electron chi connectivity index (χ3n) is 2.80. The van der Waals surface area contributed by atoms with Crippen LogP contribution in [0.4, 0.5) is 0 Å². The van der Waals surface area contributed by atoms with Gasteiger partial charge in [-0.15, -0.1) is 11.3 Å². The number of rotatable bonds is 5. The lowest BCUT2D eigenvalue weighted by Gasteiger charge is -2.15. The molecule has 0 spiro atoms. The predicted molar refractivity (Wildman–Crippen MR) is 81.5 cm³/mol. The Labute approximate surface area is 131 Å². The highest BCUT2D eigenvalue weighted by atomic mass is 35.5. The molecule has 0 aliphatic heterocycles. The maximum absolute atomic E-state index is 12.2. The van der Waals surface area contributed by atoms with Crippen molar-refractivity contribution in [2.24, 2.45) is 0 Å². The minimum atomic E-state index is -3.80. The monoisotopic (exact) mass is 345 g/mol. The number of aromatic carboxylic acids is 1. The Morgan fingerprint density at radius 1 is 1.38 bits per heavy atom. The fraction of sp³-hybridized carbons (Fsp3) is 0.154. The molecule has 1 heterocycles. The number of nitrogens with one attached hydrogen (secondary N) is 1. The van der Waals surface area contributed by atoms with Gasteiger partial charge in [0, 0.05) is 16.4 Å². The van der Waals surface area contributed by atoms with Gasteiger partial charge in [0.2, 0.25) is 10.0 Å². The fourth-order valence-electron chi connectivity index (χ4n) is 1.76. The van der Waals surface area contributed by atoms with Crippen LogP contribution in [0.25, 0.3) is 0 Å². The molecule has 2 N–H and O–H groups in total. The van der Waals surface area contributed by atoms with Crippen LogP contribution in [0.15, 0.2) is 40.6 Å². The maximum atomic E-state index is 12.2. The molecule has 8 heteroatoms. The van der Waals surface area contributed by atoms with Gasteiger partial charge in [-0.05, 0) is 24.6 Å². The maximum Gasteiger partial charge on any atom is 0.345 e. The van der Waals surface area contributed by atoms with E-state index in [-0.39, 0.29) is 9.77 Å². The smallest absolute Gasteiger partial charge is 0.345 e. The van der Waals surface area contributed by atoms with Gasteiger partial charge in [-0.2, -0.15) is 0 Å². The van der Waals surface area contributed by atoms with Crippen LogP contribution in [0, 0.1) is 0 Å². The topological polar surface area (TPSA) is 83.5 Å². The normalized spacial score (nSPS) is 13.0. The van der Waals surface area contributed by atoms with Gasteiger partial charge in [-0.1, -0.05) is 29.8 Å². The van der Waals surface area contributed by atoms with Crippen LogP contribution >= 0.6 is 22.9 Å². The van der Waals surface area contributed by atoms with Crippen LogP contribution in [-0.4, -0.2) is 19.5 Å². The molecule has 0 bridgehead atoms. The van der Waals surface area contributed by atoms with Gasteiger partial charge in [-0.3, -0.25) is 0 Å². The van der Waals surface area contributed by atoms with Gasteiger partial charge in [0.25, 0.3) is 0 Å². The summed E-state index contributed by atoms with van der Waals surface area (Å²) in [5, 5.41) is 10.6. The van der Waals surface area contributed by atoms with Crippen molar-refractivity contribution in [1.82, 2.24) is 4.72 Å². The van der Waals surface area contributed by atoms with Crippen molar-refractivity contribution in [3.8, 4) is 0 Å². The van der Waals surface area contributed by atoms with Gasteiger partial charge in [0.1, 0.15) is 4.88 Å². The highest BCUT2D eigenvalue weighted by molar-refractivity contribution is 7.89. The summed E-state index contributed by atoms with van der Waals surface area (Å²) >= 11 is 6.89. The first-order valence-corrected chi connectivity index (χ1v) is 8.64. The molecule has 0 amide bonds. The van der Waals surface area contributed by atoms with E-state index in [9.17, 15) is 13.2 Å². The zero-order valence-electron chi connectivity index (χ0n) is 10.9. The molecule has 112 valence electrons. The van der Waals surface area contributed by atoms with Crippen LogP contribution in [0.5, 0.6) is 0 Å². The van der Waals surface area contributed by atoms with E-state index in [1.165, 1.54) is 5.38 Å². The minimum absolute atomic E-state index is 0.0271. The third-order valence-corrected chi connectivity index (χ3v) is 5.73. The fourth-order valence-corrected chi connectivity index (χ4v) is 4.40. The Balaban J connectivity index is 2.24. The number of sulfonamides is 1. The van der Waals surface area contributed by atoms with Crippen molar-refractivity contribution < 1.29 is 18.3 Å². The molecule has 0 saturated heterocycles. The van der Waals surface area contributed by atoms with E-state index in [0.29, 0.717) is 10.6 Å². The van der Waals surface area contributed by atoms with Gasteiger partial charge in [0.05, 0.1) is 4.90 Å². The van der Waals surface area contributed by atoms with E-state index >= 15 is 0 Å². The molecule has 0 unspecified atom stereocenters. The Morgan fingerprint density at radius 2 is 2.05 bits per heavy atom. The number of benzene rings is 1. The lowest BCUT2D eigenvalue weighted by molar-refractivity contribution is 0.0702. The highest BCUT2D eigenvalue weighted by Gasteiger charge is 2.22. The molecule has 0 aliphatic carbocycles. The summed E-state index contributed by atoms with van der Waals surface area (Å²) in [6.45, 7) is 1.67. The molecule has 1 atom stereocenters. The average molecular weight is 346 g/mol. The predicted octanol–water partition coefficient (Wildman–Crippen LogP) is 3.14. The number of halogens is 1. The lowest BCUT2D eigenvalue weighted by Crippen LogP contribution is -2.26. The Hall–Kier alpha value is -1.41. The van der Waals surface area contributed by atoms with Gasteiger partial charge in [0.15, 0.2) is 0 Å². The van der Waals surface area contributed by atoms with Crippen molar-refractivity contribution in [2.45, 2.75) is 17.9 Å². The highest BCUT2D eigenvalue weighted by Crippen LogP contribution is 2.25. The van der Waals surface area contributed by atoms with Crippen molar-refractivity contribution in [3.63, 3.8) is 0 Å². The van der Waals surface area contributed by atoms with E-state index in [1.807, 2.05) is 0 Å². The Morgan fingerprint density at radius 3 is 2.62 bits per heavy atom. The first-order chi connectivity index (χ1) is 9.81. The summed E-state index contributed by atoms with van der Waals surface area (Å²) in [6.07, 6.45) is 0. The number of hydrogen-bond acceptors (Lipinski definition) is 4. The van der Waals surface area contributed by atoms with Crippen LogP contribution in [0.1, 0.15) is 28.2 Å². The van der Waals surface area contributed by atoms with Gasteiger partial charge in [-0.25, -0.2) is 17.9 Å². The summed E-state index contributed by atoms with van der Waals surface area (Å²) in [5.41, 5.74) is 0.649. The second-order valence-corrected chi connectivity index (χ2v) is 7.35. The van der Waals surface area contributed by atoms with Crippen molar-refractivity contribution in [1.29, 1.82) is 0 Å². The van der Waals surface area contributed by atoms with Gasteiger partial charge < -0.3 is 5.11 Å². The molecule has 2 rings (SSSR count).